The lowest BCUT2D eigenvalue weighted by molar-refractivity contribution is -0.121. The van der Waals surface area contributed by atoms with Gasteiger partial charge >= 0.3 is 0 Å². The summed E-state index contributed by atoms with van der Waals surface area (Å²) in [6.45, 7) is 7.79. The first kappa shape index (κ1) is 24.8. The highest BCUT2D eigenvalue weighted by Gasteiger charge is 2.24. The van der Waals surface area contributed by atoms with Crippen LogP contribution in [0.3, 0.4) is 0 Å². The smallest absolute Gasteiger partial charge is 0.229 e. The fourth-order valence-corrected chi connectivity index (χ4v) is 5.00. The van der Waals surface area contributed by atoms with Crippen LogP contribution in [0.1, 0.15) is 58.4 Å². The van der Waals surface area contributed by atoms with E-state index in [2.05, 4.69) is 50.3 Å². The molecule has 10 heteroatoms. The number of terminal acetylenes is 1. The number of carbonyl (C=O) groups excluding carboxylic acids is 1. The largest absolute Gasteiger partial charge is 0.356 e. The van der Waals surface area contributed by atoms with Crippen LogP contribution in [-0.4, -0.2) is 62.9 Å². The van der Waals surface area contributed by atoms with Gasteiger partial charge in [-0.1, -0.05) is 0 Å². The van der Waals surface area contributed by atoms with Crippen molar-refractivity contribution in [3.63, 3.8) is 0 Å². The number of rotatable bonds is 8. The number of fused-ring (bicyclic) bond motifs is 1. The van der Waals surface area contributed by atoms with Gasteiger partial charge in [0.25, 0.3) is 0 Å². The third-order valence-electron chi connectivity index (χ3n) is 7.00. The summed E-state index contributed by atoms with van der Waals surface area (Å²) in [6.07, 6.45) is 13.9. The van der Waals surface area contributed by atoms with E-state index in [4.69, 9.17) is 16.4 Å². The topological polar surface area (TPSA) is 104 Å². The maximum Gasteiger partial charge on any atom is 0.229 e. The third kappa shape index (κ3) is 5.77. The molecule has 10 nitrogen and oxygen atoms in total. The van der Waals surface area contributed by atoms with Crippen molar-refractivity contribution in [3.8, 4) is 12.3 Å². The number of carbonyl (C=O) groups is 1. The summed E-state index contributed by atoms with van der Waals surface area (Å²) < 4.78 is 2.00. The summed E-state index contributed by atoms with van der Waals surface area (Å²) in [4.78, 5) is 31.0. The van der Waals surface area contributed by atoms with Gasteiger partial charge in [-0.15, -0.1) is 12.3 Å². The molecule has 3 aromatic heterocycles. The molecule has 37 heavy (non-hydrogen) atoms. The molecule has 0 atom stereocenters. The van der Waals surface area contributed by atoms with Gasteiger partial charge in [-0.3, -0.25) is 9.48 Å². The Morgan fingerprint density at radius 1 is 1.08 bits per heavy atom. The average Bonchev–Trinajstić information content (AvgIpc) is 3.58. The molecule has 0 saturated carbocycles. The number of anilines is 4. The summed E-state index contributed by atoms with van der Waals surface area (Å²) in [6, 6.07) is 4.44. The normalized spacial score (nSPS) is 16.4. The molecule has 5 heterocycles. The van der Waals surface area contributed by atoms with Gasteiger partial charge in [-0.2, -0.15) is 15.1 Å². The second-order valence-electron chi connectivity index (χ2n) is 10.1. The van der Waals surface area contributed by atoms with E-state index in [1.165, 1.54) is 12.8 Å². The number of nitrogens with one attached hydrogen (secondary N) is 2. The van der Waals surface area contributed by atoms with Crippen molar-refractivity contribution in [1.82, 2.24) is 30.0 Å². The molecule has 0 spiro atoms. The van der Waals surface area contributed by atoms with Crippen molar-refractivity contribution >= 4 is 40.2 Å². The van der Waals surface area contributed by atoms with Crippen molar-refractivity contribution < 1.29 is 4.79 Å². The van der Waals surface area contributed by atoms with Crippen LogP contribution in [0.25, 0.3) is 10.9 Å². The van der Waals surface area contributed by atoms with E-state index in [0.717, 1.165) is 67.4 Å². The maximum absolute atomic E-state index is 12.1. The minimum Gasteiger partial charge on any atom is -0.356 e. The highest BCUT2D eigenvalue weighted by atomic mass is 16.1. The molecule has 1 amide bonds. The van der Waals surface area contributed by atoms with Gasteiger partial charge in [0.05, 0.1) is 11.7 Å². The third-order valence-corrected chi connectivity index (χ3v) is 7.00. The summed E-state index contributed by atoms with van der Waals surface area (Å²) in [7, 11) is 0. The van der Waals surface area contributed by atoms with Gasteiger partial charge in [0.1, 0.15) is 17.5 Å². The lowest BCUT2D eigenvalue weighted by atomic mass is 10.1. The summed E-state index contributed by atoms with van der Waals surface area (Å²) >= 11 is 0. The van der Waals surface area contributed by atoms with Crippen LogP contribution in [0.15, 0.2) is 24.5 Å². The SMILES string of the molecule is C#CCCC(=O)NC1CCN(c2nc(Nc3cc4c(cn3)cnn4C(C)C)cc(N3CCCC3)n2)CC1. The Labute approximate surface area is 217 Å². The summed E-state index contributed by atoms with van der Waals surface area (Å²) in [5.41, 5.74) is 1.04. The van der Waals surface area contributed by atoms with Crippen LogP contribution in [0.5, 0.6) is 0 Å². The lowest BCUT2D eigenvalue weighted by Gasteiger charge is -2.33. The van der Waals surface area contributed by atoms with Crippen molar-refractivity contribution in [3.05, 3.63) is 24.5 Å². The fraction of sp³-hybridized carbons (Fsp3) is 0.519. The molecule has 194 valence electrons. The van der Waals surface area contributed by atoms with Crippen molar-refractivity contribution in [1.29, 1.82) is 0 Å². The quantitative estimate of drug-likeness (QED) is 0.451. The van der Waals surface area contributed by atoms with Crippen molar-refractivity contribution in [2.45, 2.75) is 64.5 Å². The van der Waals surface area contributed by atoms with E-state index in [0.29, 0.717) is 18.8 Å². The summed E-state index contributed by atoms with van der Waals surface area (Å²) in [5.74, 6) is 5.64. The molecule has 3 aromatic rings. The Bertz CT molecular complexity index is 1280. The van der Waals surface area contributed by atoms with Crippen LogP contribution in [-0.2, 0) is 4.79 Å². The second kappa shape index (κ2) is 11.0. The highest BCUT2D eigenvalue weighted by Crippen LogP contribution is 2.28. The first-order valence-corrected chi connectivity index (χ1v) is 13.2. The van der Waals surface area contributed by atoms with Gasteiger partial charge < -0.3 is 20.4 Å². The summed E-state index contributed by atoms with van der Waals surface area (Å²) in [5, 5.41) is 12.0. The number of aromatic nitrogens is 5. The van der Waals surface area contributed by atoms with Crippen LogP contribution >= 0.6 is 0 Å². The van der Waals surface area contributed by atoms with Crippen LogP contribution in [0, 0.1) is 12.3 Å². The van der Waals surface area contributed by atoms with Gasteiger partial charge in [-0.05, 0) is 39.5 Å². The van der Waals surface area contributed by atoms with Gasteiger partial charge in [0, 0.05) is 74.8 Å². The standard InChI is InChI=1S/C27H35N9O/c1-4-5-8-26(37)30-21-9-13-35(14-10-21)27-32-24(16-25(33-27)34-11-6-7-12-34)31-23-15-22-20(17-28-23)18-29-36(22)19(2)3/h1,15-19,21H,5-14H2,2-3H3,(H,30,37)(H,28,31,32,33). The molecule has 2 N–H and O–H groups in total. The van der Waals surface area contributed by atoms with E-state index in [-0.39, 0.29) is 18.0 Å². The molecular formula is C27H35N9O. The molecule has 2 fully saturated rings. The molecule has 0 unspecified atom stereocenters. The predicted molar refractivity (Wildman–Crippen MR) is 146 cm³/mol. The van der Waals surface area contributed by atoms with Crippen molar-refractivity contribution in [2.75, 3.05) is 41.3 Å². The molecule has 0 bridgehead atoms. The zero-order valence-corrected chi connectivity index (χ0v) is 21.7. The second-order valence-corrected chi connectivity index (χ2v) is 10.1. The fourth-order valence-electron chi connectivity index (χ4n) is 5.00. The zero-order valence-electron chi connectivity index (χ0n) is 21.7. The molecule has 2 saturated heterocycles. The van der Waals surface area contributed by atoms with E-state index in [9.17, 15) is 4.79 Å². The minimum atomic E-state index is 0.0263. The van der Waals surface area contributed by atoms with Crippen LogP contribution in [0.4, 0.5) is 23.4 Å². The van der Waals surface area contributed by atoms with Gasteiger partial charge in [0.2, 0.25) is 11.9 Å². The van der Waals surface area contributed by atoms with Crippen LogP contribution in [0.2, 0.25) is 0 Å². The monoisotopic (exact) mass is 501 g/mol. The number of nitrogens with zero attached hydrogens (tertiary/aromatic N) is 7. The average molecular weight is 502 g/mol. The van der Waals surface area contributed by atoms with E-state index >= 15 is 0 Å². The molecule has 0 radical (unpaired) electrons. The van der Waals surface area contributed by atoms with E-state index in [1.807, 2.05) is 29.2 Å². The molecule has 0 aliphatic carbocycles. The first-order valence-electron chi connectivity index (χ1n) is 13.2. The lowest BCUT2D eigenvalue weighted by Crippen LogP contribution is -2.45. The number of pyridine rings is 1. The van der Waals surface area contributed by atoms with E-state index in [1.54, 1.807) is 0 Å². The highest BCUT2D eigenvalue weighted by molar-refractivity contribution is 5.81. The number of amides is 1. The maximum atomic E-state index is 12.1. The Balaban J connectivity index is 1.34. The molecule has 5 rings (SSSR count). The predicted octanol–water partition coefficient (Wildman–Crippen LogP) is 3.64. The van der Waals surface area contributed by atoms with Crippen LogP contribution < -0.4 is 20.4 Å². The number of piperidine rings is 1. The number of hydrogen-bond acceptors (Lipinski definition) is 8. The Morgan fingerprint density at radius 3 is 2.59 bits per heavy atom. The van der Waals surface area contributed by atoms with Gasteiger partial charge in [0.15, 0.2) is 0 Å². The van der Waals surface area contributed by atoms with Crippen molar-refractivity contribution in [2.24, 2.45) is 0 Å². The Morgan fingerprint density at radius 2 is 1.86 bits per heavy atom. The zero-order chi connectivity index (χ0) is 25.8. The first-order chi connectivity index (χ1) is 18.0. The van der Waals surface area contributed by atoms with Gasteiger partial charge in [-0.25, -0.2) is 4.98 Å². The molecule has 2 aliphatic rings. The Hall–Kier alpha value is -3.87. The minimum absolute atomic E-state index is 0.0263. The van der Waals surface area contributed by atoms with E-state index < -0.39 is 0 Å². The molecule has 0 aromatic carbocycles. The molecular weight excluding hydrogens is 466 g/mol. The number of hydrogen-bond donors (Lipinski definition) is 2. The Kier molecular flexibility index (Phi) is 7.40. The molecule has 2 aliphatic heterocycles.